The van der Waals surface area contributed by atoms with Gasteiger partial charge in [-0.2, -0.15) is 0 Å². The summed E-state index contributed by atoms with van der Waals surface area (Å²) in [6.07, 6.45) is 6.65. The number of aromatic nitrogens is 1. The van der Waals surface area contributed by atoms with E-state index in [2.05, 4.69) is 32.5 Å². The maximum atomic E-state index is 13.4. The number of fused-ring (bicyclic) bond motifs is 1. The van der Waals surface area contributed by atoms with Gasteiger partial charge in [0.15, 0.2) is 0 Å². The van der Waals surface area contributed by atoms with Crippen LogP contribution in [0.15, 0.2) is 54.7 Å². The Labute approximate surface area is 219 Å². The lowest BCUT2D eigenvalue weighted by molar-refractivity contribution is -0.123. The highest BCUT2D eigenvalue weighted by Crippen LogP contribution is 2.24. The molecule has 37 heavy (non-hydrogen) atoms. The fourth-order valence-corrected chi connectivity index (χ4v) is 5.80. The summed E-state index contributed by atoms with van der Waals surface area (Å²) in [5, 5.41) is 7.23. The summed E-state index contributed by atoms with van der Waals surface area (Å²) in [6, 6.07) is 15.1. The van der Waals surface area contributed by atoms with E-state index < -0.39 is 6.04 Å². The number of carbonyl (C=O) groups excluding carboxylic acids is 2. The van der Waals surface area contributed by atoms with E-state index in [1.807, 2.05) is 61.7 Å². The summed E-state index contributed by atoms with van der Waals surface area (Å²) in [6.45, 7) is 7.26. The van der Waals surface area contributed by atoms with Crippen molar-refractivity contribution in [2.45, 2.75) is 44.7 Å². The van der Waals surface area contributed by atoms with Gasteiger partial charge >= 0.3 is 0 Å². The number of benzene rings is 2. The molecule has 1 aromatic heterocycles. The number of hydrogen-bond acceptors (Lipinski definition) is 4. The van der Waals surface area contributed by atoms with Crippen LogP contribution in [0.1, 0.15) is 53.2 Å². The van der Waals surface area contributed by atoms with Gasteiger partial charge in [0.2, 0.25) is 5.91 Å². The van der Waals surface area contributed by atoms with Gasteiger partial charge in [0.25, 0.3) is 5.91 Å². The zero-order valence-corrected chi connectivity index (χ0v) is 22.0. The molecule has 5 rings (SSSR count). The molecule has 196 valence electrons. The highest BCUT2D eigenvalue weighted by atomic mass is 16.2. The Morgan fingerprint density at radius 2 is 1.73 bits per heavy atom. The topological polar surface area (TPSA) is 80.5 Å². The maximum Gasteiger partial charge on any atom is 0.252 e. The minimum Gasteiger partial charge on any atom is -0.361 e. The van der Waals surface area contributed by atoms with Crippen LogP contribution in [-0.2, 0) is 4.79 Å². The minimum atomic E-state index is -0.742. The van der Waals surface area contributed by atoms with Crippen LogP contribution in [0.25, 0.3) is 10.9 Å². The lowest BCUT2D eigenvalue weighted by atomic mass is 9.93. The molecule has 3 heterocycles. The van der Waals surface area contributed by atoms with Crippen LogP contribution >= 0.6 is 0 Å². The van der Waals surface area contributed by atoms with Crippen LogP contribution < -0.4 is 10.6 Å². The lowest BCUT2D eigenvalue weighted by Crippen LogP contribution is -2.48. The monoisotopic (exact) mass is 501 g/mol. The van der Waals surface area contributed by atoms with Crippen LogP contribution in [0, 0.1) is 12.8 Å². The number of amides is 2. The zero-order valence-electron chi connectivity index (χ0n) is 22.0. The number of aryl methyl sites for hydroxylation is 1. The van der Waals surface area contributed by atoms with E-state index in [1.165, 1.54) is 25.9 Å². The average Bonchev–Trinajstić information content (AvgIpc) is 3.31. The molecule has 0 radical (unpaired) electrons. The molecule has 2 aromatic carbocycles. The largest absolute Gasteiger partial charge is 0.361 e. The van der Waals surface area contributed by atoms with Gasteiger partial charge in [0, 0.05) is 35.2 Å². The number of likely N-dealkylation sites (tertiary alicyclic amines) is 2. The van der Waals surface area contributed by atoms with Gasteiger partial charge in [-0.1, -0.05) is 36.4 Å². The summed E-state index contributed by atoms with van der Waals surface area (Å²) < 4.78 is 0. The minimum absolute atomic E-state index is 0.158. The predicted octanol–water partition coefficient (Wildman–Crippen LogP) is 3.87. The van der Waals surface area contributed by atoms with Gasteiger partial charge in [-0.05, 0) is 95.0 Å². The Kier molecular flexibility index (Phi) is 7.91. The van der Waals surface area contributed by atoms with Gasteiger partial charge in [-0.25, -0.2) is 0 Å². The van der Waals surface area contributed by atoms with E-state index in [4.69, 9.17) is 0 Å². The summed E-state index contributed by atoms with van der Waals surface area (Å²) in [4.78, 5) is 34.8. The summed E-state index contributed by atoms with van der Waals surface area (Å²) in [5.74, 6) is 0.0517. The van der Waals surface area contributed by atoms with Crippen molar-refractivity contribution in [3.8, 4) is 0 Å². The number of piperidine rings is 2. The van der Waals surface area contributed by atoms with Crippen LogP contribution in [0.5, 0.6) is 0 Å². The average molecular weight is 502 g/mol. The maximum absolute atomic E-state index is 13.4. The molecule has 3 N–H and O–H groups in total. The molecule has 0 unspecified atom stereocenters. The molecule has 2 amide bonds. The third kappa shape index (κ3) is 6.05. The molecular formula is C30H39N5O2. The van der Waals surface area contributed by atoms with Crippen LogP contribution in [0.4, 0.5) is 0 Å². The van der Waals surface area contributed by atoms with Gasteiger partial charge in [0.1, 0.15) is 6.04 Å². The van der Waals surface area contributed by atoms with E-state index in [9.17, 15) is 9.59 Å². The Bertz CT molecular complexity index is 1210. The highest BCUT2D eigenvalue weighted by Gasteiger charge is 2.29. The van der Waals surface area contributed by atoms with E-state index >= 15 is 0 Å². The summed E-state index contributed by atoms with van der Waals surface area (Å²) >= 11 is 0. The summed E-state index contributed by atoms with van der Waals surface area (Å²) in [7, 11) is 2.21. The first-order chi connectivity index (χ1) is 18.0. The first kappa shape index (κ1) is 25.5. The van der Waals surface area contributed by atoms with Crippen LogP contribution in [0.2, 0.25) is 0 Å². The SMILES string of the molecule is Cc1c[nH]c2cc(C(=O)N[C@@H](C(=O)NCC3CCN(C4CCN(C)CC4)CC3)c3ccccc3)ccc12. The van der Waals surface area contributed by atoms with E-state index in [-0.39, 0.29) is 11.8 Å². The van der Waals surface area contributed by atoms with Crippen molar-refractivity contribution in [2.24, 2.45) is 5.92 Å². The third-order valence-corrected chi connectivity index (χ3v) is 8.24. The number of hydrogen-bond donors (Lipinski definition) is 3. The quantitative estimate of drug-likeness (QED) is 0.459. The van der Waals surface area contributed by atoms with Crippen LogP contribution in [-0.4, -0.2) is 72.4 Å². The van der Waals surface area contributed by atoms with Crippen molar-refractivity contribution in [1.82, 2.24) is 25.4 Å². The van der Waals surface area contributed by atoms with Crippen molar-refractivity contribution >= 4 is 22.7 Å². The molecule has 0 aliphatic carbocycles. The molecule has 1 atom stereocenters. The Morgan fingerprint density at radius 1 is 1.00 bits per heavy atom. The van der Waals surface area contributed by atoms with E-state index in [1.54, 1.807) is 0 Å². The Hall–Kier alpha value is -3.16. The number of carbonyl (C=O) groups is 2. The molecule has 7 heteroatoms. The fraction of sp³-hybridized carbons (Fsp3) is 0.467. The third-order valence-electron chi connectivity index (χ3n) is 8.24. The summed E-state index contributed by atoms with van der Waals surface area (Å²) in [5.41, 5.74) is 3.37. The first-order valence-corrected chi connectivity index (χ1v) is 13.6. The highest BCUT2D eigenvalue weighted by molar-refractivity contribution is 6.00. The van der Waals surface area contributed by atoms with Gasteiger partial charge < -0.3 is 25.4 Å². The smallest absolute Gasteiger partial charge is 0.252 e. The molecule has 2 aliphatic rings. The first-order valence-electron chi connectivity index (χ1n) is 13.6. The van der Waals surface area contributed by atoms with Gasteiger partial charge in [0.05, 0.1) is 0 Å². The van der Waals surface area contributed by atoms with Gasteiger partial charge in [-0.15, -0.1) is 0 Å². The van der Waals surface area contributed by atoms with Crippen LogP contribution in [0.3, 0.4) is 0 Å². The van der Waals surface area contributed by atoms with E-state index in [0.717, 1.165) is 48.0 Å². The second kappa shape index (κ2) is 11.5. The van der Waals surface area contributed by atoms with Gasteiger partial charge in [-0.3, -0.25) is 9.59 Å². The van der Waals surface area contributed by atoms with Crippen molar-refractivity contribution in [1.29, 1.82) is 0 Å². The lowest BCUT2D eigenvalue weighted by Gasteiger charge is -2.41. The normalized spacial score (nSPS) is 19.1. The zero-order chi connectivity index (χ0) is 25.8. The number of aromatic amines is 1. The molecule has 2 saturated heterocycles. The molecule has 0 spiro atoms. The molecule has 0 saturated carbocycles. The molecule has 7 nitrogen and oxygen atoms in total. The van der Waals surface area contributed by atoms with Crippen molar-refractivity contribution in [2.75, 3.05) is 39.8 Å². The number of H-pyrrole nitrogens is 1. The van der Waals surface area contributed by atoms with Crippen molar-refractivity contribution < 1.29 is 9.59 Å². The standard InChI is InChI=1S/C30H39N5O2/c1-21-19-31-27-18-24(8-9-26(21)27)29(36)33-28(23-6-4-3-5-7-23)30(37)32-20-22-10-16-35(17-11-22)25-12-14-34(2)15-13-25/h3-9,18-19,22,25,28,31H,10-17,20H2,1-2H3,(H,32,37)(H,33,36)/t28-/m1/s1. The molecule has 2 fully saturated rings. The second-order valence-corrected chi connectivity index (χ2v) is 10.8. The second-order valence-electron chi connectivity index (χ2n) is 10.8. The Balaban J connectivity index is 1.19. The molecule has 0 bridgehead atoms. The molecule has 3 aromatic rings. The van der Waals surface area contributed by atoms with Crippen molar-refractivity contribution in [3.63, 3.8) is 0 Å². The predicted molar refractivity (Wildman–Crippen MR) is 148 cm³/mol. The fourth-order valence-electron chi connectivity index (χ4n) is 5.80. The number of nitrogens with one attached hydrogen (secondary N) is 3. The number of rotatable bonds is 7. The molecular weight excluding hydrogens is 462 g/mol. The van der Waals surface area contributed by atoms with E-state index in [0.29, 0.717) is 24.1 Å². The number of nitrogens with zero attached hydrogens (tertiary/aromatic N) is 2. The molecule has 2 aliphatic heterocycles. The Morgan fingerprint density at radius 3 is 2.46 bits per heavy atom. The van der Waals surface area contributed by atoms with Crippen molar-refractivity contribution in [3.05, 3.63) is 71.4 Å².